The van der Waals surface area contributed by atoms with Crippen LogP contribution in [0.1, 0.15) is 16.0 Å². The van der Waals surface area contributed by atoms with Crippen LogP contribution >= 0.6 is 11.3 Å². The molecule has 0 radical (unpaired) electrons. The summed E-state index contributed by atoms with van der Waals surface area (Å²) in [5.74, 6) is 0.370. The molecule has 0 unspecified atom stereocenters. The summed E-state index contributed by atoms with van der Waals surface area (Å²) in [5.41, 5.74) is 4.24. The monoisotopic (exact) mass is 496 g/mol. The van der Waals surface area contributed by atoms with Gasteiger partial charge < -0.3 is 10.2 Å². The maximum atomic E-state index is 14.7. The highest BCUT2D eigenvalue weighted by Gasteiger charge is 2.14. The molecule has 3 aromatic carbocycles. The molecule has 0 spiro atoms. The zero-order chi connectivity index (χ0) is 24.9. The van der Waals surface area contributed by atoms with Gasteiger partial charge >= 0.3 is 0 Å². The third-order valence-electron chi connectivity index (χ3n) is 6.06. The number of halogens is 1. The molecule has 180 valence electrons. The molecule has 7 heteroatoms. The van der Waals surface area contributed by atoms with Gasteiger partial charge in [-0.3, -0.25) is 4.79 Å². The lowest BCUT2D eigenvalue weighted by Crippen LogP contribution is -2.27. The maximum absolute atomic E-state index is 14.7. The molecule has 5 aromatic rings. The molecule has 0 aliphatic heterocycles. The average molecular weight is 497 g/mol. The summed E-state index contributed by atoms with van der Waals surface area (Å²) in [5, 5.41) is 6.24. The van der Waals surface area contributed by atoms with E-state index in [0.717, 1.165) is 38.3 Å². The van der Waals surface area contributed by atoms with Gasteiger partial charge in [0.2, 0.25) is 5.91 Å². The van der Waals surface area contributed by atoms with E-state index in [2.05, 4.69) is 27.4 Å². The van der Waals surface area contributed by atoms with Crippen LogP contribution < -0.4 is 5.32 Å². The Kier molecular flexibility index (Phi) is 7.00. The van der Waals surface area contributed by atoms with E-state index in [1.54, 1.807) is 35.7 Å². The summed E-state index contributed by atoms with van der Waals surface area (Å²) in [4.78, 5) is 24.0. The van der Waals surface area contributed by atoms with Gasteiger partial charge in [0, 0.05) is 36.0 Å². The minimum atomic E-state index is -0.330. The number of nitrogens with zero attached hydrogens (tertiary/aromatic N) is 3. The number of likely N-dealkylation sites (N-methyl/N-ethyl adjacent to an activating group) is 1. The highest BCUT2D eigenvalue weighted by atomic mass is 32.1. The van der Waals surface area contributed by atoms with E-state index >= 15 is 0 Å². The zero-order valence-electron chi connectivity index (χ0n) is 19.8. The number of carbonyl (C=O) groups is 1. The number of carbonyl (C=O) groups excluding carboxylic acids is 1. The molecule has 36 heavy (non-hydrogen) atoms. The number of hydrogen-bond acceptors (Lipinski definition) is 5. The van der Waals surface area contributed by atoms with Crippen LogP contribution in [0.25, 0.3) is 22.0 Å². The Balaban J connectivity index is 1.38. The SMILES string of the molecule is CN(Cc1cc(-c2ccc3ncnc(NCc4ccccc4)c3c2)ccc1F)C(=O)Cc1cccs1. The summed E-state index contributed by atoms with van der Waals surface area (Å²) in [6.07, 6.45) is 1.87. The Labute approximate surface area is 213 Å². The van der Waals surface area contributed by atoms with Crippen molar-refractivity contribution in [2.45, 2.75) is 19.5 Å². The summed E-state index contributed by atoms with van der Waals surface area (Å²) < 4.78 is 14.7. The van der Waals surface area contributed by atoms with E-state index in [1.165, 1.54) is 6.07 Å². The smallest absolute Gasteiger partial charge is 0.227 e. The van der Waals surface area contributed by atoms with Gasteiger partial charge in [-0.2, -0.15) is 0 Å². The molecule has 0 saturated carbocycles. The highest BCUT2D eigenvalue weighted by molar-refractivity contribution is 7.10. The molecule has 1 N–H and O–H groups in total. The van der Waals surface area contributed by atoms with Crippen molar-refractivity contribution in [3.8, 4) is 11.1 Å². The molecular formula is C29H25FN4OS. The van der Waals surface area contributed by atoms with Crippen LogP contribution in [0.3, 0.4) is 0 Å². The van der Waals surface area contributed by atoms with Crippen LogP contribution in [0.2, 0.25) is 0 Å². The van der Waals surface area contributed by atoms with Crippen LogP contribution in [0, 0.1) is 5.82 Å². The normalized spacial score (nSPS) is 10.9. The zero-order valence-corrected chi connectivity index (χ0v) is 20.6. The van der Waals surface area contributed by atoms with Crippen LogP contribution in [-0.2, 0) is 24.3 Å². The third kappa shape index (κ3) is 5.42. The summed E-state index contributed by atoms with van der Waals surface area (Å²) in [6.45, 7) is 0.841. The quantitative estimate of drug-likeness (QED) is 0.273. The molecule has 2 aromatic heterocycles. The number of aromatic nitrogens is 2. The molecule has 0 atom stereocenters. The lowest BCUT2D eigenvalue weighted by atomic mass is 10.0. The van der Waals surface area contributed by atoms with Gasteiger partial charge in [-0.1, -0.05) is 48.5 Å². The number of rotatable bonds is 8. The fourth-order valence-electron chi connectivity index (χ4n) is 4.08. The van der Waals surface area contributed by atoms with E-state index in [4.69, 9.17) is 0 Å². The standard InChI is InChI=1S/C29H25FN4OS/c1-34(28(35)16-24-8-5-13-36-24)18-23-14-21(9-11-26(23)30)22-10-12-27-25(15-22)29(33-19-32-27)31-17-20-6-3-2-4-7-20/h2-15,19H,16-18H2,1H3,(H,31,32,33). The second-order valence-electron chi connectivity index (χ2n) is 8.61. The Morgan fingerprint density at radius 2 is 1.78 bits per heavy atom. The van der Waals surface area contributed by atoms with Crippen molar-refractivity contribution >= 4 is 34.0 Å². The van der Waals surface area contributed by atoms with Crippen molar-refractivity contribution < 1.29 is 9.18 Å². The molecule has 0 aliphatic carbocycles. The Bertz CT molecular complexity index is 1490. The lowest BCUT2D eigenvalue weighted by molar-refractivity contribution is -0.129. The number of fused-ring (bicyclic) bond motifs is 1. The number of hydrogen-bond donors (Lipinski definition) is 1. The average Bonchev–Trinajstić information content (AvgIpc) is 3.42. The van der Waals surface area contributed by atoms with Crippen molar-refractivity contribution in [3.05, 3.63) is 112 Å². The van der Waals surface area contributed by atoms with E-state index in [1.807, 2.05) is 60.0 Å². The number of benzene rings is 3. The Hall–Kier alpha value is -4.10. The van der Waals surface area contributed by atoms with E-state index in [0.29, 0.717) is 18.5 Å². The maximum Gasteiger partial charge on any atom is 0.227 e. The topological polar surface area (TPSA) is 58.1 Å². The van der Waals surface area contributed by atoms with Crippen LogP contribution in [0.5, 0.6) is 0 Å². The molecular weight excluding hydrogens is 471 g/mol. The van der Waals surface area contributed by atoms with Crippen molar-refractivity contribution in [2.75, 3.05) is 12.4 Å². The predicted octanol–water partition coefficient (Wildman–Crippen LogP) is 6.31. The van der Waals surface area contributed by atoms with Gasteiger partial charge in [0.15, 0.2) is 0 Å². The first-order chi connectivity index (χ1) is 17.6. The molecule has 2 heterocycles. The van der Waals surface area contributed by atoms with Crippen LogP contribution in [0.15, 0.2) is 90.6 Å². The molecule has 5 rings (SSSR count). The fraction of sp³-hybridized carbons (Fsp3) is 0.138. The van der Waals surface area contributed by atoms with Crippen LogP contribution in [0.4, 0.5) is 10.2 Å². The van der Waals surface area contributed by atoms with E-state index < -0.39 is 0 Å². The van der Waals surface area contributed by atoms with E-state index in [-0.39, 0.29) is 18.3 Å². The summed E-state index contributed by atoms with van der Waals surface area (Å²) in [6, 6.07) is 24.9. The van der Waals surface area contributed by atoms with Gasteiger partial charge in [0.25, 0.3) is 0 Å². The molecule has 1 amide bonds. The highest BCUT2D eigenvalue weighted by Crippen LogP contribution is 2.29. The number of anilines is 1. The van der Waals surface area contributed by atoms with Gasteiger partial charge in [0.1, 0.15) is 18.0 Å². The van der Waals surface area contributed by atoms with E-state index in [9.17, 15) is 9.18 Å². The minimum absolute atomic E-state index is 0.0424. The van der Waals surface area contributed by atoms with Gasteiger partial charge in [0.05, 0.1) is 11.9 Å². The minimum Gasteiger partial charge on any atom is -0.365 e. The molecule has 0 aliphatic rings. The molecule has 0 fully saturated rings. The number of thiophene rings is 1. The number of amides is 1. The van der Waals surface area contributed by atoms with Crippen molar-refractivity contribution in [1.29, 1.82) is 0 Å². The Morgan fingerprint density at radius 1 is 0.972 bits per heavy atom. The molecule has 0 bridgehead atoms. The first-order valence-corrected chi connectivity index (χ1v) is 12.5. The largest absolute Gasteiger partial charge is 0.365 e. The fourth-order valence-corrected chi connectivity index (χ4v) is 4.77. The number of nitrogens with one attached hydrogen (secondary N) is 1. The second-order valence-corrected chi connectivity index (χ2v) is 9.64. The lowest BCUT2D eigenvalue weighted by Gasteiger charge is -2.18. The second kappa shape index (κ2) is 10.7. The summed E-state index contributed by atoms with van der Waals surface area (Å²) >= 11 is 1.54. The van der Waals surface area contributed by atoms with Crippen LogP contribution in [-0.4, -0.2) is 27.8 Å². The van der Waals surface area contributed by atoms with Crippen molar-refractivity contribution in [3.63, 3.8) is 0 Å². The molecule has 5 nitrogen and oxygen atoms in total. The van der Waals surface area contributed by atoms with Crippen molar-refractivity contribution in [1.82, 2.24) is 14.9 Å². The summed E-state index contributed by atoms with van der Waals surface area (Å²) in [7, 11) is 1.71. The first kappa shape index (κ1) is 23.6. The first-order valence-electron chi connectivity index (χ1n) is 11.6. The predicted molar refractivity (Wildman–Crippen MR) is 143 cm³/mol. The molecule has 0 saturated heterocycles. The third-order valence-corrected chi connectivity index (χ3v) is 6.93. The van der Waals surface area contributed by atoms with Gasteiger partial charge in [-0.15, -0.1) is 11.3 Å². The Morgan fingerprint density at radius 3 is 2.58 bits per heavy atom. The van der Waals surface area contributed by atoms with Crippen molar-refractivity contribution in [2.24, 2.45) is 0 Å². The van der Waals surface area contributed by atoms with Gasteiger partial charge in [-0.05, 0) is 52.4 Å². The van der Waals surface area contributed by atoms with Gasteiger partial charge in [-0.25, -0.2) is 14.4 Å².